The van der Waals surface area contributed by atoms with Crippen LogP contribution in [0.2, 0.25) is 0 Å². The predicted molar refractivity (Wildman–Crippen MR) is 69.5 cm³/mol. The minimum atomic E-state index is 0.810. The molecule has 0 unspecified atom stereocenters. The topological polar surface area (TPSA) is 55.9 Å². The Hall–Kier alpha value is -1.81. The Bertz CT molecular complexity index is 476. The van der Waals surface area contributed by atoms with E-state index in [0.29, 0.717) is 0 Å². The quantitative estimate of drug-likeness (QED) is 0.602. The molecule has 1 aromatic heterocycles. The van der Waals surface area contributed by atoms with Crippen molar-refractivity contribution in [2.24, 2.45) is 7.05 Å². The molecule has 0 radical (unpaired) electrons. The van der Waals surface area contributed by atoms with Gasteiger partial charge in [-0.3, -0.25) is 4.68 Å². The van der Waals surface area contributed by atoms with Crippen molar-refractivity contribution in [3.63, 3.8) is 0 Å². The fraction of sp³-hybridized carbons (Fsp3) is 0.308. The van der Waals surface area contributed by atoms with E-state index in [1.807, 2.05) is 48.3 Å². The molecular weight excluding hydrogens is 212 g/mol. The molecule has 0 spiro atoms. The number of aryl methyl sites for hydroxylation is 1. The molecule has 0 amide bonds. The summed E-state index contributed by atoms with van der Waals surface area (Å²) in [7, 11) is 1.96. The number of benzene rings is 1. The van der Waals surface area contributed by atoms with Crippen molar-refractivity contribution in [2.45, 2.75) is 13.0 Å². The molecule has 0 saturated heterocycles. The van der Waals surface area contributed by atoms with Gasteiger partial charge in [-0.05, 0) is 17.7 Å². The summed E-state index contributed by atoms with van der Waals surface area (Å²) in [5.41, 5.74) is 9.10. The predicted octanol–water partition coefficient (Wildman–Crippen LogP) is 1.33. The SMILES string of the molecule is Cn1nccc1CCNCc1ccccc1N. The van der Waals surface area contributed by atoms with Crippen molar-refractivity contribution in [1.82, 2.24) is 15.1 Å². The highest BCUT2D eigenvalue weighted by Crippen LogP contribution is 2.09. The molecule has 0 aliphatic rings. The third-order valence-electron chi connectivity index (χ3n) is 2.85. The molecule has 17 heavy (non-hydrogen) atoms. The first kappa shape index (κ1) is 11.7. The van der Waals surface area contributed by atoms with E-state index in [0.717, 1.165) is 30.8 Å². The lowest BCUT2D eigenvalue weighted by Crippen LogP contribution is -2.18. The number of aromatic nitrogens is 2. The van der Waals surface area contributed by atoms with Crippen LogP contribution >= 0.6 is 0 Å². The van der Waals surface area contributed by atoms with Gasteiger partial charge in [0, 0.05) is 44.1 Å². The molecule has 1 heterocycles. The zero-order valence-electron chi connectivity index (χ0n) is 10.1. The number of anilines is 1. The van der Waals surface area contributed by atoms with Crippen LogP contribution in [0.3, 0.4) is 0 Å². The van der Waals surface area contributed by atoms with E-state index >= 15 is 0 Å². The van der Waals surface area contributed by atoms with Crippen molar-refractivity contribution < 1.29 is 0 Å². The van der Waals surface area contributed by atoms with Gasteiger partial charge in [-0.2, -0.15) is 5.10 Å². The smallest absolute Gasteiger partial charge is 0.0492 e. The zero-order valence-corrected chi connectivity index (χ0v) is 10.1. The standard InChI is InChI=1S/C13H18N4/c1-17-12(7-9-16-17)6-8-15-10-11-4-2-3-5-13(11)14/h2-5,7,9,15H,6,8,10,14H2,1H3. The number of para-hydroxylation sites is 1. The highest BCUT2D eigenvalue weighted by atomic mass is 15.3. The van der Waals surface area contributed by atoms with Gasteiger partial charge in [0.25, 0.3) is 0 Å². The van der Waals surface area contributed by atoms with Gasteiger partial charge in [-0.15, -0.1) is 0 Å². The number of hydrogen-bond acceptors (Lipinski definition) is 3. The molecular formula is C13H18N4. The number of hydrogen-bond donors (Lipinski definition) is 2. The Labute approximate surface area is 101 Å². The van der Waals surface area contributed by atoms with Gasteiger partial charge >= 0.3 is 0 Å². The van der Waals surface area contributed by atoms with Crippen molar-refractivity contribution in [3.8, 4) is 0 Å². The van der Waals surface area contributed by atoms with E-state index in [1.54, 1.807) is 0 Å². The Balaban J connectivity index is 1.77. The van der Waals surface area contributed by atoms with Crippen LogP contribution in [0.4, 0.5) is 5.69 Å². The van der Waals surface area contributed by atoms with Gasteiger partial charge in [0.05, 0.1) is 0 Å². The average Bonchev–Trinajstić information content (AvgIpc) is 2.73. The summed E-state index contributed by atoms with van der Waals surface area (Å²) >= 11 is 0. The largest absolute Gasteiger partial charge is 0.398 e. The summed E-state index contributed by atoms with van der Waals surface area (Å²) in [6, 6.07) is 9.98. The van der Waals surface area contributed by atoms with Gasteiger partial charge in [0.2, 0.25) is 0 Å². The summed E-state index contributed by atoms with van der Waals surface area (Å²) in [6.07, 6.45) is 2.80. The van der Waals surface area contributed by atoms with Crippen molar-refractivity contribution in [1.29, 1.82) is 0 Å². The third-order valence-corrected chi connectivity index (χ3v) is 2.85. The second-order valence-electron chi connectivity index (χ2n) is 4.07. The van der Waals surface area contributed by atoms with Crippen LogP contribution in [-0.2, 0) is 20.0 Å². The van der Waals surface area contributed by atoms with Gasteiger partial charge in [0.1, 0.15) is 0 Å². The van der Waals surface area contributed by atoms with Gasteiger partial charge in [-0.1, -0.05) is 18.2 Å². The molecule has 4 heteroatoms. The maximum Gasteiger partial charge on any atom is 0.0492 e. The van der Waals surface area contributed by atoms with Gasteiger partial charge in [-0.25, -0.2) is 0 Å². The second-order valence-corrected chi connectivity index (χ2v) is 4.07. The second kappa shape index (κ2) is 5.50. The number of nitrogens with one attached hydrogen (secondary N) is 1. The van der Waals surface area contributed by atoms with Gasteiger partial charge in [0.15, 0.2) is 0 Å². The van der Waals surface area contributed by atoms with E-state index < -0.39 is 0 Å². The molecule has 2 aromatic rings. The maximum absolute atomic E-state index is 5.87. The average molecular weight is 230 g/mol. The number of nitrogens with zero attached hydrogens (tertiary/aromatic N) is 2. The van der Waals surface area contributed by atoms with E-state index in [9.17, 15) is 0 Å². The lowest BCUT2D eigenvalue weighted by atomic mass is 10.2. The van der Waals surface area contributed by atoms with Gasteiger partial charge < -0.3 is 11.1 Å². The van der Waals surface area contributed by atoms with E-state index in [1.165, 1.54) is 5.69 Å². The Morgan fingerprint density at radius 3 is 2.82 bits per heavy atom. The molecule has 0 fully saturated rings. The highest BCUT2D eigenvalue weighted by Gasteiger charge is 1.99. The summed E-state index contributed by atoms with van der Waals surface area (Å²) in [5, 5.41) is 7.52. The lowest BCUT2D eigenvalue weighted by Gasteiger charge is -2.07. The maximum atomic E-state index is 5.87. The molecule has 0 saturated carbocycles. The van der Waals surface area contributed by atoms with Crippen LogP contribution in [0, 0.1) is 0 Å². The molecule has 2 rings (SSSR count). The normalized spacial score (nSPS) is 10.6. The first-order chi connectivity index (χ1) is 8.27. The zero-order chi connectivity index (χ0) is 12.1. The molecule has 0 aliphatic carbocycles. The molecule has 4 nitrogen and oxygen atoms in total. The van der Waals surface area contributed by atoms with Crippen molar-refractivity contribution >= 4 is 5.69 Å². The molecule has 0 bridgehead atoms. The van der Waals surface area contributed by atoms with Crippen LogP contribution < -0.4 is 11.1 Å². The Kier molecular flexibility index (Phi) is 3.77. The molecule has 0 atom stereocenters. The Morgan fingerprint density at radius 2 is 2.12 bits per heavy atom. The molecule has 0 aliphatic heterocycles. The van der Waals surface area contributed by atoms with Crippen LogP contribution in [0.15, 0.2) is 36.5 Å². The van der Waals surface area contributed by atoms with Crippen molar-refractivity contribution in [2.75, 3.05) is 12.3 Å². The van der Waals surface area contributed by atoms with Crippen LogP contribution in [0.5, 0.6) is 0 Å². The minimum Gasteiger partial charge on any atom is -0.398 e. The summed E-state index contributed by atoms with van der Waals surface area (Å²) in [4.78, 5) is 0. The lowest BCUT2D eigenvalue weighted by molar-refractivity contribution is 0.643. The number of nitrogens with two attached hydrogens (primary N) is 1. The summed E-state index contributed by atoms with van der Waals surface area (Å²) < 4.78 is 1.90. The van der Waals surface area contributed by atoms with E-state index in [4.69, 9.17) is 5.73 Å². The summed E-state index contributed by atoms with van der Waals surface area (Å²) in [6.45, 7) is 1.73. The number of nitrogen functional groups attached to an aromatic ring is 1. The molecule has 90 valence electrons. The first-order valence-corrected chi connectivity index (χ1v) is 5.78. The fourth-order valence-corrected chi connectivity index (χ4v) is 1.78. The third kappa shape index (κ3) is 3.07. The van der Waals surface area contributed by atoms with Crippen molar-refractivity contribution in [3.05, 3.63) is 47.8 Å². The number of rotatable bonds is 5. The summed E-state index contributed by atoms with van der Waals surface area (Å²) in [5.74, 6) is 0. The monoisotopic (exact) mass is 230 g/mol. The minimum absolute atomic E-state index is 0.810. The van der Waals surface area contributed by atoms with Crippen LogP contribution in [-0.4, -0.2) is 16.3 Å². The van der Waals surface area contributed by atoms with Crippen LogP contribution in [0.25, 0.3) is 0 Å². The fourth-order valence-electron chi connectivity index (χ4n) is 1.78. The van der Waals surface area contributed by atoms with Crippen LogP contribution in [0.1, 0.15) is 11.3 Å². The van der Waals surface area contributed by atoms with E-state index in [2.05, 4.69) is 10.4 Å². The first-order valence-electron chi connectivity index (χ1n) is 5.78. The molecule has 3 N–H and O–H groups in total. The highest BCUT2D eigenvalue weighted by molar-refractivity contribution is 5.46. The van der Waals surface area contributed by atoms with E-state index in [-0.39, 0.29) is 0 Å². The Morgan fingerprint density at radius 1 is 1.29 bits per heavy atom. The molecule has 1 aromatic carbocycles.